The summed E-state index contributed by atoms with van der Waals surface area (Å²) in [5.74, 6) is -0.122. The van der Waals surface area contributed by atoms with Crippen molar-refractivity contribution in [1.29, 1.82) is 0 Å². The van der Waals surface area contributed by atoms with E-state index in [1.807, 2.05) is 0 Å². The lowest BCUT2D eigenvalue weighted by molar-refractivity contribution is -0.143. The van der Waals surface area contributed by atoms with E-state index < -0.39 is 35.6 Å². The minimum atomic E-state index is -5.01. The highest BCUT2D eigenvalue weighted by atomic mass is 32.2. The molecule has 0 unspecified atom stereocenters. The maximum atomic E-state index is 13.5. The van der Waals surface area contributed by atoms with Crippen LogP contribution in [0.4, 0.5) is 26.3 Å². The Hall–Kier alpha value is -3.23. The number of benzene rings is 2. The van der Waals surface area contributed by atoms with Crippen molar-refractivity contribution in [2.24, 2.45) is 4.99 Å². The van der Waals surface area contributed by atoms with Gasteiger partial charge in [-0.05, 0) is 54.1 Å². The molecule has 4 rings (SSSR count). The van der Waals surface area contributed by atoms with Crippen molar-refractivity contribution in [2.75, 3.05) is 53.6 Å². The number of amidine groups is 1. The van der Waals surface area contributed by atoms with Gasteiger partial charge >= 0.3 is 12.4 Å². The van der Waals surface area contributed by atoms with Crippen molar-refractivity contribution < 1.29 is 45.3 Å². The first-order valence-electron chi connectivity index (χ1n) is 13.0. The van der Waals surface area contributed by atoms with E-state index in [4.69, 9.17) is 14.2 Å². The first-order valence-corrected chi connectivity index (χ1v) is 13.8. The minimum Gasteiger partial charge on any atom is -0.493 e. The normalized spacial score (nSPS) is 17.6. The topological polar surface area (TPSA) is 63.6 Å². The first-order chi connectivity index (χ1) is 19.9. The van der Waals surface area contributed by atoms with Crippen LogP contribution < -0.4 is 9.47 Å². The number of carbonyl (C=O) groups excluding carboxylic acids is 1. The van der Waals surface area contributed by atoms with Crippen LogP contribution in [0.2, 0.25) is 0 Å². The van der Waals surface area contributed by atoms with Gasteiger partial charge in [0.2, 0.25) is 0 Å². The van der Waals surface area contributed by atoms with Crippen molar-refractivity contribution in [3.05, 3.63) is 63.6 Å². The monoisotopic (exact) mass is 617 g/mol. The SMILES string of the molecule is COCCCN1CCN(C2=NC(=O)C(=Cc3ccc(OCc4ccc(C(F)(F)F)cc4C(F)(F)F)c(OC)c3)S2)CC1. The Balaban J connectivity index is 1.41. The van der Waals surface area contributed by atoms with Crippen molar-refractivity contribution in [2.45, 2.75) is 25.4 Å². The van der Waals surface area contributed by atoms with Gasteiger partial charge in [-0.2, -0.15) is 31.3 Å². The standard InChI is InChI=1S/C28H29F6N3O4S/c1-39-13-3-8-36-9-11-37(12-10-36)26-35-25(38)24(42-26)15-18-4-7-22(23(14-18)40-2)41-17-19-5-6-20(27(29,30)31)16-21(19)28(32,33)34/h4-7,14-16H,3,8-13,17H2,1-2H3. The highest BCUT2D eigenvalue weighted by Gasteiger charge is 2.38. The molecular weight excluding hydrogens is 588 g/mol. The molecule has 2 aliphatic heterocycles. The van der Waals surface area contributed by atoms with E-state index in [0.29, 0.717) is 28.3 Å². The van der Waals surface area contributed by atoms with Crippen LogP contribution in [0.1, 0.15) is 28.7 Å². The van der Waals surface area contributed by atoms with E-state index in [9.17, 15) is 31.1 Å². The number of rotatable bonds is 9. The molecule has 0 bridgehead atoms. The third kappa shape index (κ3) is 7.98. The number of thioether (sulfide) groups is 1. The van der Waals surface area contributed by atoms with Gasteiger partial charge in [-0.3, -0.25) is 9.69 Å². The lowest BCUT2D eigenvalue weighted by atomic mass is 10.0. The van der Waals surface area contributed by atoms with Gasteiger partial charge in [0, 0.05) is 52.0 Å². The zero-order chi connectivity index (χ0) is 30.5. The van der Waals surface area contributed by atoms with Crippen molar-refractivity contribution in [1.82, 2.24) is 9.80 Å². The molecule has 14 heteroatoms. The lowest BCUT2D eigenvalue weighted by Crippen LogP contribution is -2.48. The Labute approximate surface area is 243 Å². The van der Waals surface area contributed by atoms with Crippen LogP contribution >= 0.6 is 11.8 Å². The van der Waals surface area contributed by atoms with Gasteiger partial charge in [0.05, 0.1) is 23.1 Å². The Morgan fingerprint density at radius 1 is 0.952 bits per heavy atom. The highest BCUT2D eigenvalue weighted by molar-refractivity contribution is 8.18. The second-order valence-corrected chi connectivity index (χ2v) is 10.6. The molecule has 2 aromatic rings. The van der Waals surface area contributed by atoms with Crippen molar-refractivity contribution >= 4 is 28.9 Å². The number of amides is 1. The second kappa shape index (κ2) is 13.4. The Bertz CT molecular complexity index is 1340. The second-order valence-electron chi connectivity index (χ2n) is 9.55. The van der Waals surface area contributed by atoms with Gasteiger partial charge in [0.25, 0.3) is 5.91 Å². The quantitative estimate of drug-likeness (QED) is 0.196. The molecule has 1 saturated heterocycles. The molecule has 42 heavy (non-hydrogen) atoms. The van der Waals surface area contributed by atoms with Crippen LogP contribution in [0, 0.1) is 0 Å². The number of hydrogen-bond acceptors (Lipinski definition) is 7. The summed E-state index contributed by atoms with van der Waals surface area (Å²) in [6.07, 6.45) is -7.34. The number of aliphatic imine (C=N–C) groups is 1. The number of ether oxygens (including phenoxy) is 3. The van der Waals surface area contributed by atoms with Gasteiger partial charge in [-0.25, -0.2) is 0 Å². The number of nitrogens with zero attached hydrogens (tertiary/aromatic N) is 3. The molecule has 0 atom stereocenters. The van der Waals surface area contributed by atoms with Gasteiger partial charge < -0.3 is 19.1 Å². The van der Waals surface area contributed by atoms with Crippen molar-refractivity contribution in [3.63, 3.8) is 0 Å². The van der Waals surface area contributed by atoms with Crippen molar-refractivity contribution in [3.8, 4) is 11.5 Å². The number of piperazine rings is 1. The molecule has 0 aliphatic carbocycles. The van der Waals surface area contributed by atoms with Gasteiger partial charge in [0.1, 0.15) is 6.61 Å². The fraction of sp³-hybridized carbons (Fsp3) is 0.429. The number of alkyl halides is 6. The zero-order valence-electron chi connectivity index (χ0n) is 22.8. The number of methoxy groups -OCH3 is 2. The van der Waals surface area contributed by atoms with Crippen LogP contribution in [0.3, 0.4) is 0 Å². The van der Waals surface area contributed by atoms with E-state index >= 15 is 0 Å². The summed E-state index contributed by atoms with van der Waals surface area (Å²) in [4.78, 5) is 21.6. The molecule has 7 nitrogen and oxygen atoms in total. The lowest BCUT2D eigenvalue weighted by Gasteiger charge is -2.35. The summed E-state index contributed by atoms with van der Waals surface area (Å²) < 4.78 is 95.3. The fourth-order valence-corrected chi connectivity index (χ4v) is 5.44. The van der Waals surface area contributed by atoms with E-state index in [1.165, 1.54) is 24.9 Å². The van der Waals surface area contributed by atoms with E-state index in [0.717, 1.165) is 45.2 Å². The van der Waals surface area contributed by atoms with Crippen LogP contribution in [-0.2, 0) is 28.5 Å². The molecule has 0 aromatic heterocycles. The number of halogens is 6. The molecule has 0 N–H and O–H groups in total. The fourth-order valence-electron chi connectivity index (χ4n) is 4.47. The van der Waals surface area contributed by atoms with E-state index in [2.05, 4.69) is 14.8 Å². The van der Waals surface area contributed by atoms with Crippen LogP contribution in [0.5, 0.6) is 11.5 Å². The number of hydrogen-bond donors (Lipinski definition) is 0. The van der Waals surface area contributed by atoms with Gasteiger partial charge in [-0.1, -0.05) is 12.1 Å². The summed E-state index contributed by atoms with van der Waals surface area (Å²) in [5, 5.41) is 0.631. The van der Waals surface area contributed by atoms with Gasteiger partial charge in [-0.15, -0.1) is 0 Å². The Morgan fingerprint density at radius 2 is 1.69 bits per heavy atom. The molecule has 2 aliphatic rings. The maximum Gasteiger partial charge on any atom is 0.416 e. The Kier molecular flexibility index (Phi) is 10.1. The first kappa shape index (κ1) is 31.7. The predicted molar refractivity (Wildman–Crippen MR) is 146 cm³/mol. The van der Waals surface area contributed by atoms with Crippen LogP contribution in [0.25, 0.3) is 6.08 Å². The smallest absolute Gasteiger partial charge is 0.416 e. The highest BCUT2D eigenvalue weighted by Crippen LogP contribution is 2.39. The molecule has 1 fully saturated rings. The third-order valence-electron chi connectivity index (χ3n) is 6.69. The van der Waals surface area contributed by atoms with Crippen LogP contribution in [-0.4, -0.2) is 74.4 Å². The Morgan fingerprint density at radius 3 is 2.33 bits per heavy atom. The molecule has 228 valence electrons. The van der Waals surface area contributed by atoms with Gasteiger partial charge in [0.15, 0.2) is 16.7 Å². The molecule has 0 radical (unpaired) electrons. The summed E-state index contributed by atoms with van der Waals surface area (Å²) in [6, 6.07) is 5.99. The molecule has 1 amide bonds. The largest absolute Gasteiger partial charge is 0.493 e. The zero-order valence-corrected chi connectivity index (χ0v) is 23.7. The predicted octanol–water partition coefficient (Wildman–Crippen LogP) is 5.94. The molecular formula is C28H29F6N3O4S. The maximum absolute atomic E-state index is 13.5. The van der Waals surface area contributed by atoms with Crippen LogP contribution in [0.15, 0.2) is 46.3 Å². The summed E-state index contributed by atoms with van der Waals surface area (Å²) in [5.41, 5.74) is -2.73. The van der Waals surface area contributed by atoms with E-state index in [-0.39, 0.29) is 23.5 Å². The average molecular weight is 618 g/mol. The summed E-state index contributed by atoms with van der Waals surface area (Å²) >= 11 is 1.27. The molecule has 0 spiro atoms. The third-order valence-corrected chi connectivity index (χ3v) is 7.73. The summed E-state index contributed by atoms with van der Waals surface area (Å²) in [7, 11) is 3.01. The molecule has 0 saturated carbocycles. The molecule has 2 aromatic carbocycles. The molecule has 2 heterocycles. The minimum absolute atomic E-state index is 0.0702. The number of carbonyl (C=O) groups is 1. The van der Waals surface area contributed by atoms with E-state index in [1.54, 1.807) is 25.3 Å². The summed E-state index contributed by atoms with van der Waals surface area (Å²) in [6.45, 7) is 4.21. The average Bonchev–Trinajstić information content (AvgIpc) is 3.31.